The maximum atomic E-state index is 12.5. The highest BCUT2D eigenvalue weighted by molar-refractivity contribution is 7.98. The molecule has 4 nitrogen and oxygen atoms in total. The first-order chi connectivity index (χ1) is 15.0. The van der Waals surface area contributed by atoms with E-state index < -0.39 is 18.0 Å². The van der Waals surface area contributed by atoms with Gasteiger partial charge in [-0.3, -0.25) is 4.79 Å². The van der Waals surface area contributed by atoms with Gasteiger partial charge in [0, 0.05) is 29.0 Å². The summed E-state index contributed by atoms with van der Waals surface area (Å²) in [5, 5.41) is 6.12. The Hall–Kier alpha value is -2.35. The van der Waals surface area contributed by atoms with Crippen molar-refractivity contribution in [1.82, 2.24) is 0 Å². The van der Waals surface area contributed by atoms with Crippen LogP contribution in [0.1, 0.15) is 45.6 Å². The van der Waals surface area contributed by atoms with Crippen LogP contribution in [-0.2, 0) is 10.5 Å². The van der Waals surface area contributed by atoms with Crippen LogP contribution in [0.25, 0.3) is 0 Å². The molecule has 2 N–H and O–H groups in total. The van der Waals surface area contributed by atoms with Crippen molar-refractivity contribution in [3.05, 3.63) is 48.0 Å². The largest absolute Gasteiger partial charge is 0.497 e. The van der Waals surface area contributed by atoms with E-state index in [1.807, 2.05) is 63.2 Å². The van der Waals surface area contributed by atoms with Gasteiger partial charge in [-0.2, -0.15) is 13.2 Å². The van der Waals surface area contributed by atoms with Crippen LogP contribution in [0, 0.1) is 5.41 Å². The molecule has 0 atom stereocenters. The Labute approximate surface area is 192 Å². The van der Waals surface area contributed by atoms with Crippen molar-refractivity contribution in [2.75, 3.05) is 24.3 Å². The summed E-state index contributed by atoms with van der Waals surface area (Å²) in [6.07, 6.45) is -4.46. The standard InChI is InChI=1S/C24H31F3N2O2S/c1-23(2,3)22(30)29-21-15-19(32-16-17-7-9-18(31-4)10-8-17)11-12-20(21)28-14-6-5-13-24(25,26)27/h7-12,15,28H,5-6,13-14,16H2,1-4H3,(H,29,30). The Kier molecular flexibility index (Phi) is 9.31. The van der Waals surface area contributed by atoms with E-state index in [4.69, 9.17) is 4.74 Å². The van der Waals surface area contributed by atoms with Crippen molar-refractivity contribution in [2.24, 2.45) is 5.41 Å². The molecular weight excluding hydrogens is 437 g/mol. The van der Waals surface area contributed by atoms with E-state index in [0.717, 1.165) is 22.0 Å². The number of amides is 1. The Morgan fingerprint density at radius 3 is 2.28 bits per heavy atom. The second kappa shape index (κ2) is 11.5. The summed E-state index contributed by atoms with van der Waals surface area (Å²) in [6, 6.07) is 13.5. The fraction of sp³-hybridized carbons (Fsp3) is 0.458. The molecule has 0 aliphatic carbocycles. The van der Waals surface area contributed by atoms with Gasteiger partial charge < -0.3 is 15.4 Å². The first kappa shape index (κ1) is 25.9. The molecule has 0 aromatic heterocycles. The van der Waals surface area contributed by atoms with Gasteiger partial charge in [0.2, 0.25) is 5.91 Å². The van der Waals surface area contributed by atoms with Crippen LogP contribution in [0.2, 0.25) is 0 Å². The monoisotopic (exact) mass is 468 g/mol. The van der Waals surface area contributed by atoms with Crippen molar-refractivity contribution in [1.29, 1.82) is 0 Å². The summed E-state index contributed by atoms with van der Waals surface area (Å²) in [5.41, 5.74) is 1.89. The number of thioether (sulfide) groups is 1. The number of rotatable bonds is 10. The fourth-order valence-corrected chi connectivity index (χ4v) is 3.63. The Morgan fingerprint density at radius 1 is 1.00 bits per heavy atom. The number of anilines is 2. The zero-order valence-electron chi connectivity index (χ0n) is 18.9. The van der Waals surface area contributed by atoms with Gasteiger partial charge in [-0.05, 0) is 48.7 Å². The number of hydrogen-bond acceptors (Lipinski definition) is 4. The molecule has 0 unspecified atom stereocenters. The van der Waals surface area contributed by atoms with E-state index in [-0.39, 0.29) is 12.3 Å². The van der Waals surface area contributed by atoms with E-state index in [1.165, 1.54) is 0 Å². The SMILES string of the molecule is COc1ccc(CSc2ccc(NCCCCC(F)(F)F)c(NC(=O)C(C)(C)C)c2)cc1. The molecule has 0 radical (unpaired) electrons. The van der Waals surface area contributed by atoms with Crippen LogP contribution >= 0.6 is 11.8 Å². The molecule has 2 aromatic rings. The summed E-state index contributed by atoms with van der Waals surface area (Å²) in [4.78, 5) is 13.5. The molecular formula is C24H31F3N2O2S. The van der Waals surface area contributed by atoms with Crippen LogP contribution in [0.15, 0.2) is 47.4 Å². The van der Waals surface area contributed by atoms with E-state index in [1.54, 1.807) is 18.9 Å². The third kappa shape index (κ3) is 9.02. The van der Waals surface area contributed by atoms with Crippen molar-refractivity contribution < 1.29 is 22.7 Å². The number of alkyl halides is 3. The molecule has 0 aliphatic rings. The third-order valence-electron chi connectivity index (χ3n) is 4.69. The predicted octanol–water partition coefficient (Wildman–Crippen LogP) is 7.12. The van der Waals surface area contributed by atoms with Gasteiger partial charge in [-0.25, -0.2) is 0 Å². The molecule has 0 saturated carbocycles. The lowest BCUT2D eigenvalue weighted by Crippen LogP contribution is -2.28. The van der Waals surface area contributed by atoms with Crippen LogP contribution in [0.4, 0.5) is 24.5 Å². The number of ether oxygens (including phenoxy) is 1. The zero-order valence-corrected chi connectivity index (χ0v) is 19.8. The van der Waals surface area contributed by atoms with Crippen molar-refractivity contribution in [3.8, 4) is 5.75 Å². The van der Waals surface area contributed by atoms with Gasteiger partial charge in [0.05, 0.1) is 18.5 Å². The lowest BCUT2D eigenvalue weighted by molar-refractivity contribution is -0.135. The van der Waals surface area contributed by atoms with Crippen molar-refractivity contribution >= 4 is 29.0 Å². The van der Waals surface area contributed by atoms with Crippen LogP contribution in [0.3, 0.4) is 0 Å². The zero-order chi connectivity index (χ0) is 23.8. The normalized spacial score (nSPS) is 11.8. The number of nitrogens with one attached hydrogen (secondary N) is 2. The lowest BCUT2D eigenvalue weighted by Gasteiger charge is -2.20. The van der Waals surface area contributed by atoms with Crippen LogP contribution in [0.5, 0.6) is 5.75 Å². The number of halogens is 3. The summed E-state index contributed by atoms with van der Waals surface area (Å²) < 4.78 is 42.2. The molecule has 0 heterocycles. The highest BCUT2D eigenvalue weighted by Crippen LogP contribution is 2.32. The number of carbonyl (C=O) groups is 1. The van der Waals surface area contributed by atoms with Gasteiger partial charge >= 0.3 is 6.18 Å². The quantitative estimate of drug-likeness (QED) is 0.288. The smallest absolute Gasteiger partial charge is 0.389 e. The van der Waals surface area contributed by atoms with E-state index in [0.29, 0.717) is 24.3 Å². The highest BCUT2D eigenvalue weighted by atomic mass is 32.2. The number of unbranched alkanes of at least 4 members (excludes halogenated alkanes) is 1. The average Bonchev–Trinajstić information content (AvgIpc) is 2.72. The fourth-order valence-electron chi connectivity index (χ4n) is 2.74. The molecule has 8 heteroatoms. The number of carbonyl (C=O) groups excluding carboxylic acids is 1. The Bertz CT molecular complexity index is 878. The van der Waals surface area contributed by atoms with Crippen LogP contribution in [-0.4, -0.2) is 25.7 Å². The summed E-state index contributed by atoms with van der Waals surface area (Å²) >= 11 is 1.63. The molecule has 0 saturated heterocycles. The minimum atomic E-state index is -4.13. The minimum Gasteiger partial charge on any atom is -0.497 e. The number of benzene rings is 2. The molecule has 0 spiro atoms. The minimum absolute atomic E-state index is 0.0655. The summed E-state index contributed by atoms with van der Waals surface area (Å²) in [6.45, 7) is 5.88. The second-order valence-corrected chi connectivity index (χ2v) is 9.60. The highest BCUT2D eigenvalue weighted by Gasteiger charge is 2.26. The molecule has 2 aromatic carbocycles. The average molecular weight is 469 g/mol. The first-order valence-corrected chi connectivity index (χ1v) is 11.5. The molecule has 0 bridgehead atoms. The van der Waals surface area contributed by atoms with E-state index >= 15 is 0 Å². The Morgan fingerprint density at radius 2 is 1.69 bits per heavy atom. The van der Waals surface area contributed by atoms with Crippen molar-refractivity contribution in [3.63, 3.8) is 0 Å². The maximum absolute atomic E-state index is 12.5. The summed E-state index contributed by atoms with van der Waals surface area (Å²) in [7, 11) is 1.63. The van der Waals surface area contributed by atoms with Gasteiger partial charge in [-0.1, -0.05) is 32.9 Å². The summed E-state index contributed by atoms with van der Waals surface area (Å²) in [5.74, 6) is 1.42. The molecule has 176 valence electrons. The lowest BCUT2D eigenvalue weighted by atomic mass is 9.95. The van der Waals surface area contributed by atoms with Crippen LogP contribution < -0.4 is 15.4 Å². The van der Waals surface area contributed by atoms with Crippen molar-refractivity contribution in [2.45, 2.75) is 56.9 Å². The number of hydrogen-bond donors (Lipinski definition) is 2. The topological polar surface area (TPSA) is 50.4 Å². The molecule has 1 amide bonds. The molecule has 32 heavy (non-hydrogen) atoms. The van der Waals surface area contributed by atoms with Gasteiger partial charge in [0.25, 0.3) is 0 Å². The third-order valence-corrected chi connectivity index (χ3v) is 5.75. The maximum Gasteiger partial charge on any atom is 0.389 e. The van der Waals surface area contributed by atoms with Gasteiger partial charge in [0.15, 0.2) is 0 Å². The molecule has 2 rings (SSSR count). The Balaban J connectivity index is 2.06. The molecule has 0 fully saturated rings. The first-order valence-electron chi connectivity index (χ1n) is 10.5. The molecule has 0 aliphatic heterocycles. The van der Waals surface area contributed by atoms with Gasteiger partial charge in [-0.15, -0.1) is 11.8 Å². The van der Waals surface area contributed by atoms with E-state index in [2.05, 4.69) is 10.6 Å². The predicted molar refractivity (Wildman–Crippen MR) is 125 cm³/mol. The van der Waals surface area contributed by atoms with E-state index in [9.17, 15) is 18.0 Å². The number of methoxy groups -OCH3 is 1. The van der Waals surface area contributed by atoms with Gasteiger partial charge in [0.1, 0.15) is 5.75 Å². The second-order valence-electron chi connectivity index (χ2n) is 8.55.